The highest BCUT2D eigenvalue weighted by Gasteiger charge is 2.23. The van der Waals surface area contributed by atoms with Gasteiger partial charge in [-0.05, 0) is 17.9 Å². The topological polar surface area (TPSA) is 123 Å². The van der Waals surface area contributed by atoms with E-state index < -0.39 is 11.3 Å². The number of nitrogens with one attached hydrogen (secondary N) is 2. The molecule has 158 valence electrons. The van der Waals surface area contributed by atoms with Crippen molar-refractivity contribution < 1.29 is 15.0 Å². The largest absolute Gasteiger partial charge is 0.493 e. The molecule has 0 aliphatic heterocycles. The number of aromatic hydroxyl groups is 2. The number of aromatic amines is 1. The SMILES string of the molecule is CCC(=Nc1c(Nc2c[nH]cc(C(=O)N(C)C)c2=O)c(O)n(C)c1O)c1cccs1. The first-order valence-corrected chi connectivity index (χ1v) is 10.1. The maximum Gasteiger partial charge on any atom is 0.258 e. The van der Waals surface area contributed by atoms with E-state index in [1.165, 1.54) is 35.7 Å². The Bertz CT molecular complexity index is 1160. The van der Waals surface area contributed by atoms with Crippen LogP contribution in [0.15, 0.2) is 39.7 Å². The summed E-state index contributed by atoms with van der Waals surface area (Å²) < 4.78 is 1.16. The zero-order valence-electron chi connectivity index (χ0n) is 17.1. The molecule has 30 heavy (non-hydrogen) atoms. The summed E-state index contributed by atoms with van der Waals surface area (Å²) in [7, 11) is 4.57. The monoisotopic (exact) mass is 429 g/mol. The first-order valence-electron chi connectivity index (χ1n) is 9.18. The lowest BCUT2D eigenvalue weighted by Gasteiger charge is -2.11. The molecule has 0 saturated heterocycles. The Morgan fingerprint density at radius 2 is 2.03 bits per heavy atom. The van der Waals surface area contributed by atoms with E-state index >= 15 is 0 Å². The Hall–Kier alpha value is -3.53. The van der Waals surface area contributed by atoms with E-state index in [9.17, 15) is 19.8 Å². The third-order valence-electron chi connectivity index (χ3n) is 4.54. The number of hydrogen-bond acceptors (Lipinski definition) is 7. The lowest BCUT2D eigenvalue weighted by atomic mass is 10.2. The molecule has 9 nitrogen and oxygen atoms in total. The fraction of sp³-hybridized carbons (Fsp3) is 0.250. The third kappa shape index (κ3) is 3.81. The van der Waals surface area contributed by atoms with Gasteiger partial charge in [-0.2, -0.15) is 0 Å². The fourth-order valence-electron chi connectivity index (χ4n) is 2.86. The van der Waals surface area contributed by atoms with Crippen molar-refractivity contribution in [1.29, 1.82) is 0 Å². The first kappa shape index (κ1) is 21.2. The van der Waals surface area contributed by atoms with Crippen molar-refractivity contribution in [3.63, 3.8) is 0 Å². The molecule has 10 heteroatoms. The molecular formula is C20H23N5O4S. The predicted octanol–water partition coefficient (Wildman–Crippen LogP) is 3.16. The van der Waals surface area contributed by atoms with Gasteiger partial charge in [-0.1, -0.05) is 13.0 Å². The Morgan fingerprint density at radius 1 is 1.30 bits per heavy atom. The van der Waals surface area contributed by atoms with E-state index in [2.05, 4.69) is 15.3 Å². The fourth-order valence-corrected chi connectivity index (χ4v) is 3.65. The summed E-state index contributed by atoms with van der Waals surface area (Å²) in [4.78, 5) is 34.6. The van der Waals surface area contributed by atoms with Gasteiger partial charge in [-0.3, -0.25) is 14.2 Å². The maximum atomic E-state index is 12.8. The van der Waals surface area contributed by atoms with Crippen LogP contribution in [0.4, 0.5) is 17.1 Å². The van der Waals surface area contributed by atoms with Gasteiger partial charge in [0.2, 0.25) is 17.2 Å². The number of pyridine rings is 1. The highest BCUT2D eigenvalue weighted by molar-refractivity contribution is 7.12. The molecule has 0 atom stereocenters. The van der Waals surface area contributed by atoms with E-state index in [1.54, 1.807) is 14.1 Å². The summed E-state index contributed by atoms with van der Waals surface area (Å²) in [5.74, 6) is -1.00. The maximum absolute atomic E-state index is 12.8. The van der Waals surface area contributed by atoms with Gasteiger partial charge in [0.25, 0.3) is 5.91 Å². The summed E-state index contributed by atoms with van der Waals surface area (Å²) in [6.45, 7) is 1.94. The summed E-state index contributed by atoms with van der Waals surface area (Å²) in [5, 5.41) is 25.8. The van der Waals surface area contributed by atoms with E-state index in [1.807, 2.05) is 24.4 Å². The van der Waals surface area contributed by atoms with E-state index in [4.69, 9.17) is 0 Å². The third-order valence-corrected chi connectivity index (χ3v) is 5.45. The number of anilines is 2. The van der Waals surface area contributed by atoms with Crippen molar-refractivity contribution in [1.82, 2.24) is 14.5 Å². The number of nitrogens with zero attached hydrogens (tertiary/aromatic N) is 3. The molecule has 0 aliphatic carbocycles. The highest BCUT2D eigenvalue weighted by Crippen LogP contribution is 2.45. The van der Waals surface area contributed by atoms with Crippen molar-refractivity contribution >= 4 is 40.0 Å². The molecule has 0 unspecified atom stereocenters. The molecule has 4 N–H and O–H groups in total. The number of aromatic nitrogens is 2. The minimum absolute atomic E-state index is 0.0363. The number of hydrogen-bond donors (Lipinski definition) is 4. The Kier molecular flexibility index (Phi) is 5.97. The minimum Gasteiger partial charge on any atom is -0.493 e. The van der Waals surface area contributed by atoms with Crippen LogP contribution in [-0.4, -0.2) is 50.4 Å². The lowest BCUT2D eigenvalue weighted by molar-refractivity contribution is 0.0826. The molecule has 0 radical (unpaired) electrons. The minimum atomic E-state index is -0.543. The number of thiophene rings is 1. The number of carbonyl (C=O) groups excluding carboxylic acids is 1. The zero-order chi connectivity index (χ0) is 22.0. The molecule has 0 bridgehead atoms. The quantitative estimate of drug-likeness (QED) is 0.448. The van der Waals surface area contributed by atoms with Gasteiger partial charge in [0.05, 0.1) is 5.71 Å². The molecule has 0 aromatic carbocycles. The van der Waals surface area contributed by atoms with Gasteiger partial charge in [-0.15, -0.1) is 11.3 Å². The summed E-state index contributed by atoms with van der Waals surface area (Å²) in [5.41, 5.74) is 0.330. The predicted molar refractivity (Wildman–Crippen MR) is 118 cm³/mol. The normalized spacial score (nSPS) is 11.5. The van der Waals surface area contributed by atoms with Crippen LogP contribution in [0.3, 0.4) is 0 Å². The average Bonchev–Trinajstić information content (AvgIpc) is 3.32. The molecule has 1 amide bonds. The van der Waals surface area contributed by atoms with Gasteiger partial charge >= 0.3 is 0 Å². The number of amides is 1. The van der Waals surface area contributed by atoms with Crippen molar-refractivity contribution in [2.45, 2.75) is 13.3 Å². The van der Waals surface area contributed by atoms with Crippen molar-refractivity contribution in [2.24, 2.45) is 12.0 Å². The smallest absolute Gasteiger partial charge is 0.258 e. The second kappa shape index (κ2) is 8.46. The van der Waals surface area contributed by atoms with Crippen LogP contribution < -0.4 is 10.7 Å². The van der Waals surface area contributed by atoms with Gasteiger partial charge in [0, 0.05) is 38.4 Å². The molecule has 0 saturated carbocycles. The molecule has 3 rings (SSSR count). The molecule has 3 aromatic heterocycles. The zero-order valence-corrected chi connectivity index (χ0v) is 17.9. The van der Waals surface area contributed by atoms with E-state index in [0.717, 1.165) is 15.2 Å². The van der Waals surface area contributed by atoms with Crippen LogP contribution in [0.25, 0.3) is 0 Å². The van der Waals surface area contributed by atoms with Crippen LogP contribution >= 0.6 is 11.3 Å². The van der Waals surface area contributed by atoms with E-state index in [-0.39, 0.29) is 34.4 Å². The molecule has 3 heterocycles. The number of carbonyl (C=O) groups is 1. The van der Waals surface area contributed by atoms with Crippen LogP contribution in [0.5, 0.6) is 11.8 Å². The van der Waals surface area contributed by atoms with Gasteiger partial charge < -0.3 is 25.4 Å². The molecule has 0 fully saturated rings. The second-order valence-electron chi connectivity index (χ2n) is 6.76. The Balaban J connectivity index is 2.11. The van der Waals surface area contributed by atoms with Crippen LogP contribution in [0.2, 0.25) is 0 Å². The second-order valence-corrected chi connectivity index (χ2v) is 7.70. The van der Waals surface area contributed by atoms with Crippen LogP contribution in [0.1, 0.15) is 28.6 Å². The highest BCUT2D eigenvalue weighted by atomic mass is 32.1. The molecule has 0 spiro atoms. The van der Waals surface area contributed by atoms with E-state index in [0.29, 0.717) is 6.42 Å². The van der Waals surface area contributed by atoms with Crippen molar-refractivity contribution in [3.05, 3.63) is 50.6 Å². The summed E-state index contributed by atoms with van der Waals surface area (Å²) in [6, 6.07) is 3.82. The van der Waals surface area contributed by atoms with Crippen molar-refractivity contribution in [2.75, 3.05) is 19.4 Å². The Labute approximate surface area is 176 Å². The molecule has 3 aromatic rings. The first-order chi connectivity index (χ1) is 14.3. The van der Waals surface area contributed by atoms with Crippen LogP contribution in [0, 0.1) is 0 Å². The number of H-pyrrole nitrogens is 1. The summed E-state index contributed by atoms with van der Waals surface area (Å²) in [6.07, 6.45) is 3.30. The van der Waals surface area contributed by atoms with Crippen molar-refractivity contribution in [3.8, 4) is 11.8 Å². The average molecular weight is 430 g/mol. The van der Waals surface area contributed by atoms with Gasteiger partial charge in [-0.25, -0.2) is 4.99 Å². The van der Waals surface area contributed by atoms with Gasteiger partial charge in [0.1, 0.15) is 16.9 Å². The van der Waals surface area contributed by atoms with Gasteiger partial charge in [0.15, 0.2) is 5.69 Å². The summed E-state index contributed by atoms with van der Waals surface area (Å²) >= 11 is 1.51. The molecular weight excluding hydrogens is 406 g/mol. The standard InChI is InChI=1S/C20H23N5O4S/c1-5-12(14-7-6-8-30-14)22-15-16(20(29)25(4)19(15)28)23-13-10-21-9-11(17(13)26)18(27)24(2)3/h6-10,23,28-29H,5H2,1-4H3,(H,21,26). The number of rotatable bonds is 6. The number of aliphatic imine (C=N–C) groups is 1. The lowest BCUT2D eigenvalue weighted by Crippen LogP contribution is -2.28. The Morgan fingerprint density at radius 3 is 2.63 bits per heavy atom. The molecule has 0 aliphatic rings. The van der Waals surface area contributed by atoms with Crippen LogP contribution in [-0.2, 0) is 7.05 Å².